The van der Waals surface area contributed by atoms with E-state index in [4.69, 9.17) is 0 Å². The Morgan fingerprint density at radius 2 is 2.50 bits per heavy atom. The molecule has 0 saturated carbocycles. The molecule has 0 radical (unpaired) electrons. The van der Waals surface area contributed by atoms with Crippen molar-refractivity contribution >= 4 is 15.9 Å². The summed E-state index contributed by atoms with van der Waals surface area (Å²) in [6, 6.07) is 0. The number of halogens is 1. The maximum absolute atomic E-state index is 3.36. The van der Waals surface area contributed by atoms with Gasteiger partial charge in [-0.25, -0.2) is 0 Å². The van der Waals surface area contributed by atoms with Crippen LogP contribution in [0.2, 0.25) is 0 Å². The zero-order valence-corrected chi connectivity index (χ0v) is 4.96. The van der Waals surface area contributed by atoms with Gasteiger partial charge in [0.15, 0.2) is 0 Å². The summed E-state index contributed by atoms with van der Waals surface area (Å²) >= 11 is 3.36. The van der Waals surface area contributed by atoms with Crippen molar-refractivity contribution in [2.24, 2.45) is 0 Å². The summed E-state index contributed by atoms with van der Waals surface area (Å²) in [6.07, 6.45) is 0. The molecular formula is C3H7BrN2. The van der Waals surface area contributed by atoms with E-state index in [1.807, 2.05) is 0 Å². The Labute approximate surface area is 45.4 Å². The Bertz CT molecular complexity index is 42.1. The number of rotatable bonds is 0. The molecule has 0 aromatic carbocycles. The lowest BCUT2D eigenvalue weighted by molar-refractivity contribution is 0.799. The monoisotopic (exact) mass is 150 g/mol. The predicted octanol–water partition coefficient (Wildman–Crippen LogP) is -0.142. The first-order valence-electron chi connectivity index (χ1n) is 1.98. The molecule has 1 aliphatic rings. The Balaban J connectivity index is 2.18. The molecule has 0 bridgehead atoms. The van der Waals surface area contributed by atoms with Gasteiger partial charge in [-0.3, -0.25) is 5.32 Å². The summed E-state index contributed by atoms with van der Waals surface area (Å²) in [5, 5.41) is 6.24. The van der Waals surface area contributed by atoms with Crippen molar-refractivity contribution in [3.8, 4) is 0 Å². The fraction of sp³-hybridized carbons (Fsp3) is 1.00. The molecule has 1 heterocycles. The summed E-state index contributed by atoms with van der Waals surface area (Å²) in [5.74, 6) is 0. The Morgan fingerprint density at radius 3 is 2.67 bits per heavy atom. The lowest BCUT2D eigenvalue weighted by Gasteiger charge is -1.90. The van der Waals surface area contributed by atoms with Gasteiger partial charge in [0.2, 0.25) is 0 Å². The molecule has 0 aromatic rings. The minimum absolute atomic E-state index is 0.498. The van der Waals surface area contributed by atoms with E-state index in [1.165, 1.54) is 0 Å². The fourth-order valence-corrected chi connectivity index (χ4v) is 0.845. The van der Waals surface area contributed by atoms with Gasteiger partial charge in [-0.1, -0.05) is 15.9 Å². The van der Waals surface area contributed by atoms with Crippen molar-refractivity contribution < 1.29 is 0 Å². The summed E-state index contributed by atoms with van der Waals surface area (Å²) in [4.78, 5) is 0.498. The van der Waals surface area contributed by atoms with E-state index >= 15 is 0 Å². The zero-order valence-electron chi connectivity index (χ0n) is 3.37. The largest absolute Gasteiger partial charge is 0.302 e. The minimum Gasteiger partial charge on any atom is -0.302 e. The molecule has 2 nitrogen and oxygen atoms in total. The molecule has 0 amide bonds. The van der Waals surface area contributed by atoms with Gasteiger partial charge < -0.3 is 5.32 Å². The van der Waals surface area contributed by atoms with Crippen molar-refractivity contribution in [1.29, 1.82) is 0 Å². The highest BCUT2D eigenvalue weighted by Crippen LogP contribution is 1.94. The maximum Gasteiger partial charge on any atom is 0.0767 e. The standard InChI is InChI=1S/C3H7BrN2/c4-3-1-5-2-6-3/h3,5-6H,1-2H2. The molecule has 36 valence electrons. The van der Waals surface area contributed by atoms with E-state index in [-0.39, 0.29) is 0 Å². The van der Waals surface area contributed by atoms with E-state index in [2.05, 4.69) is 26.6 Å². The summed E-state index contributed by atoms with van der Waals surface area (Å²) < 4.78 is 0. The molecule has 2 N–H and O–H groups in total. The highest BCUT2D eigenvalue weighted by molar-refractivity contribution is 9.09. The van der Waals surface area contributed by atoms with Gasteiger partial charge in [0.1, 0.15) is 0 Å². The van der Waals surface area contributed by atoms with Gasteiger partial charge >= 0.3 is 0 Å². The molecule has 0 spiro atoms. The van der Waals surface area contributed by atoms with Crippen molar-refractivity contribution in [2.45, 2.75) is 4.95 Å². The quantitative estimate of drug-likeness (QED) is 0.372. The predicted molar refractivity (Wildman–Crippen MR) is 28.7 cm³/mol. The first-order valence-corrected chi connectivity index (χ1v) is 2.89. The van der Waals surface area contributed by atoms with Crippen molar-refractivity contribution in [1.82, 2.24) is 10.6 Å². The molecule has 1 aliphatic heterocycles. The number of nitrogens with one attached hydrogen (secondary N) is 2. The maximum atomic E-state index is 3.36. The van der Waals surface area contributed by atoms with Gasteiger partial charge in [0, 0.05) is 13.2 Å². The van der Waals surface area contributed by atoms with Crippen molar-refractivity contribution in [3.05, 3.63) is 0 Å². The molecule has 0 aromatic heterocycles. The SMILES string of the molecule is BrC1CNCN1. The van der Waals surface area contributed by atoms with Crippen LogP contribution in [0.3, 0.4) is 0 Å². The van der Waals surface area contributed by atoms with E-state index in [0.29, 0.717) is 4.95 Å². The molecule has 1 rings (SSSR count). The second-order valence-electron chi connectivity index (χ2n) is 1.30. The third-order valence-corrected chi connectivity index (χ3v) is 1.42. The Hall–Kier alpha value is 0.400. The second-order valence-corrected chi connectivity index (χ2v) is 2.41. The van der Waals surface area contributed by atoms with Crippen molar-refractivity contribution in [3.63, 3.8) is 0 Å². The summed E-state index contributed by atoms with van der Waals surface area (Å²) in [5.41, 5.74) is 0. The topological polar surface area (TPSA) is 24.1 Å². The average molecular weight is 151 g/mol. The molecular weight excluding hydrogens is 144 g/mol. The first-order chi connectivity index (χ1) is 2.89. The van der Waals surface area contributed by atoms with Gasteiger partial charge in [-0.05, 0) is 0 Å². The smallest absolute Gasteiger partial charge is 0.0767 e. The molecule has 0 aliphatic carbocycles. The zero-order chi connectivity index (χ0) is 4.41. The minimum atomic E-state index is 0.498. The number of hydrogen-bond donors (Lipinski definition) is 2. The van der Waals surface area contributed by atoms with Gasteiger partial charge in [-0.15, -0.1) is 0 Å². The van der Waals surface area contributed by atoms with Crippen LogP contribution in [0.1, 0.15) is 0 Å². The van der Waals surface area contributed by atoms with Crippen LogP contribution in [0.5, 0.6) is 0 Å². The van der Waals surface area contributed by atoms with Crippen LogP contribution >= 0.6 is 15.9 Å². The van der Waals surface area contributed by atoms with E-state index in [1.54, 1.807) is 0 Å². The Kier molecular flexibility index (Phi) is 1.45. The molecule has 1 unspecified atom stereocenters. The number of hydrogen-bond acceptors (Lipinski definition) is 2. The third-order valence-electron chi connectivity index (χ3n) is 0.772. The highest BCUT2D eigenvalue weighted by Gasteiger charge is 2.06. The molecule has 6 heavy (non-hydrogen) atoms. The van der Waals surface area contributed by atoms with Crippen molar-refractivity contribution in [2.75, 3.05) is 13.2 Å². The van der Waals surface area contributed by atoms with Crippen LogP contribution in [0.15, 0.2) is 0 Å². The molecule has 1 saturated heterocycles. The second kappa shape index (κ2) is 1.91. The fourth-order valence-electron chi connectivity index (χ4n) is 0.454. The van der Waals surface area contributed by atoms with Gasteiger partial charge in [0.05, 0.1) is 4.95 Å². The van der Waals surface area contributed by atoms with E-state index in [0.717, 1.165) is 13.2 Å². The normalized spacial score (nSPS) is 34.5. The lowest BCUT2D eigenvalue weighted by Crippen LogP contribution is -2.15. The van der Waals surface area contributed by atoms with Crippen LogP contribution in [0.4, 0.5) is 0 Å². The van der Waals surface area contributed by atoms with Crippen LogP contribution in [-0.4, -0.2) is 18.2 Å². The van der Waals surface area contributed by atoms with E-state index < -0.39 is 0 Å². The lowest BCUT2D eigenvalue weighted by atomic mass is 10.7. The highest BCUT2D eigenvalue weighted by atomic mass is 79.9. The van der Waals surface area contributed by atoms with Crippen LogP contribution in [0.25, 0.3) is 0 Å². The average Bonchev–Trinajstić information content (AvgIpc) is 1.86. The molecule has 3 heteroatoms. The van der Waals surface area contributed by atoms with Crippen LogP contribution < -0.4 is 10.6 Å². The Morgan fingerprint density at radius 1 is 1.67 bits per heavy atom. The molecule has 1 atom stereocenters. The van der Waals surface area contributed by atoms with Crippen LogP contribution in [-0.2, 0) is 0 Å². The summed E-state index contributed by atoms with van der Waals surface area (Å²) in [7, 11) is 0. The van der Waals surface area contributed by atoms with Gasteiger partial charge in [-0.2, -0.15) is 0 Å². The molecule has 1 fully saturated rings. The third kappa shape index (κ3) is 0.929. The summed E-state index contributed by atoms with van der Waals surface area (Å²) in [6.45, 7) is 1.98. The van der Waals surface area contributed by atoms with E-state index in [9.17, 15) is 0 Å². The first kappa shape index (κ1) is 4.56. The number of alkyl halides is 1. The van der Waals surface area contributed by atoms with Crippen LogP contribution in [0, 0.1) is 0 Å². The van der Waals surface area contributed by atoms with Gasteiger partial charge in [0.25, 0.3) is 0 Å².